The molecule has 1 amide bonds. The minimum Gasteiger partial charge on any atom is -0.349 e. The van der Waals surface area contributed by atoms with Gasteiger partial charge in [-0.15, -0.1) is 0 Å². The second-order valence-corrected chi connectivity index (χ2v) is 9.81. The van der Waals surface area contributed by atoms with E-state index in [0.29, 0.717) is 19.4 Å². The third-order valence-corrected chi connectivity index (χ3v) is 7.58. The summed E-state index contributed by atoms with van der Waals surface area (Å²) in [6.45, 7) is 2.17. The molecule has 5 nitrogen and oxygen atoms in total. The first kappa shape index (κ1) is 22.0. The van der Waals surface area contributed by atoms with Crippen LogP contribution in [0.4, 0.5) is 4.39 Å². The number of nitrogens with one attached hydrogen (secondary N) is 1. The maximum Gasteiger partial charge on any atom is 0.244 e. The Bertz CT molecular complexity index is 999. The molecule has 2 aromatic rings. The third kappa shape index (κ3) is 5.09. The zero-order valence-corrected chi connectivity index (χ0v) is 18.1. The average molecular weight is 459 g/mol. The molecule has 0 radical (unpaired) electrons. The normalized spacial score (nSPS) is 19.0. The lowest BCUT2D eigenvalue weighted by Gasteiger charge is -2.32. The number of amides is 1. The van der Waals surface area contributed by atoms with Crippen LogP contribution in [0.3, 0.4) is 0 Å². The van der Waals surface area contributed by atoms with Gasteiger partial charge in [0.1, 0.15) is 10.7 Å². The fourth-order valence-electron chi connectivity index (χ4n) is 3.35. The van der Waals surface area contributed by atoms with Gasteiger partial charge in [-0.2, -0.15) is 4.31 Å². The molecule has 156 valence electrons. The van der Waals surface area contributed by atoms with E-state index in [9.17, 15) is 17.6 Å². The van der Waals surface area contributed by atoms with Gasteiger partial charge in [-0.25, -0.2) is 12.8 Å². The minimum atomic E-state index is -3.87. The van der Waals surface area contributed by atoms with Crippen LogP contribution in [0.1, 0.15) is 31.4 Å². The van der Waals surface area contributed by atoms with Crippen molar-refractivity contribution < 1.29 is 17.6 Å². The van der Waals surface area contributed by atoms with Gasteiger partial charge in [0.05, 0.1) is 17.0 Å². The minimum absolute atomic E-state index is 0.0626. The molecule has 0 aliphatic carbocycles. The van der Waals surface area contributed by atoms with Crippen molar-refractivity contribution in [3.05, 3.63) is 63.9 Å². The smallest absolute Gasteiger partial charge is 0.244 e. The Labute approximate surface area is 179 Å². The van der Waals surface area contributed by atoms with Gasteiger partial charge in [-0.1, -0.05) is 35.3 Å². The van der Waals surface area contributed by atoms with Crippen LogP contribution < -0.4 is 5.32 Å². The summed E-state index contributed by atoms with van der Waals surface area (Å²) in [4.78, 5) is 12.7. The molecule has 2 atom stereocenters. The molecule has 0 saturated carbocycles. The number of sulfonamides is 1. The molecule has 3 rings (SSSR count). The predicted molar refractivity (Wildman–Crippen MR) is 111 cm³/mol. The Morgan fingerprint density at radius 3 is 2.59 bits per heavy atom. The fourth-order valence-corrected chi connectivity index (χ4v) is 5.62. The summed E-state index contributed by atoms with van der Waals surface area (Å²) in [5.41, 5.74) is 0.769. The molecule has 29 heavy (non-hydrogen) atoms. The molecule has 0 unspecified atom stereocenters. The van der Waals surface area contributed by atoms with E-state index in [1.54, 1.807) is 19.1 Å². The Kier molecular flexibility index (Phi) is 6.83. The maximum absolute atomic E-state index is 13.1. The van der Waals surface area contributed by atoms with Crippen LogP contribution in [-0.4, -0.2) is 31.7 Å². The number of carbonyl (C=O) groups is 1. The van der Waals surface area contributed by atoms with Crippen molar-refractivity contribution in [2.24, 2.45) is 5.92 Å². The number of hydrogen-bond acceptors (Lipinski definition) is 3. The highest BCUT2D eigenvalue weighted by atomic mass is 35.5. The molecule has 1 aliphatic heterocycles. The SMILES string of the molecule is C[C@@H](NC(=O)[C@H]1CCCN(S(=O)(=O)c2cc(Cl)ccc2Cl)C1)c1ccc(F)cc1. The predicted octanol–water partition coefficient (Wildman–Crippen LogP) is 4.41. The molecule has 1 heterocycles. The average Bonchev–Trinajstić information content (AvgIpc) is 2.70. The molecule has 9 heteroatoms. The molecule has 1 N–H and O–H groups in total. The summed E-state index contributed by atoms with van der Waals surface area (Å²) >= 11 is 12.0. The van der Waals surface area contributed by atoms with E-state index >= 15 is 0 Å². The van der Waals surface area contributed by atoms with Gasteiger partial charge in [-0.3, -0.25) is 4.79 Å². The second kappa shape index (κ2) is 9.00. The van der Waals surface area contributed by atoms with E-state index in [0.717, 1.165) is 5.56 Å². The van der Waals surface area contributed by atoms with E-state index in [4.69, 9.17) is 23.2 Å². The van der Waals surface area contributed by atoms with Gasteiger partial charge in [0.2, 0.25) is 15.9 Å². The van der Waals surface area contributed by atoms with Crippen molar-refractivity contribution in [1.82, 2.24) is 9.62 Å². The Hall–Kier alpha value is -1.67. The lowest BCUT2D eigenvalue weighted by molar-refractivity contribution is -0.126. The second-order valence-electron chi connectivity index (χ2n) is 7.06. The van der Waals surface area contributed by atoms with Gasteiger partial charge in [-0.05, 0) is 55.7 Å². The van der Waals surface area contributed by atoms with Crippen LogP contribution in [0.5, 0.6) is 0 Å². The molecule has 0 aromatic heterocycles. The number of carbonyl (C=O) groups excluding carboxylic acids is 1. The van der Waals surface area contributed by atoms with E-state index < -0.39 is 15.9 Å². The molecular formula is C20H21Cl2FN2O3S. The first-order chi connectivity index (χ1) is 13.7. The zero-order chi connectivity index (χ0) is 21.2. The van der Waals surface area contributed by atoms with Gasteiger partial charge in [0, 0.05) is 18.1 Å². The number of nitrogens with zero attached hydrogens (tertiary/aromatic N) is 1. The van der Waals surface area contributed by atoms with Gasteiger partial charge in [0.15, 0.2) is 0 Å². The van der Waals surface area contributed by atoms with Crippen molar-refractivity contribution in [3.63, 3.8) is 0 Å². The number of piperidine rings is 1. The van der Waals surface area contributed by atoms with Crippen molar-refractivity contribution >= 4 is 39.1 Å². The van der Waals surface area contributed by atoms with Crippen LogP contribution in [-0.2, 0) is 14.8 Å². The lowest BCUT2D eigenvalue weighted by Crippen LogP contribution is -2.45. The molecule has 1 aliphatic rings. The molecular weight excluding hydrogens is 438 g/mol. The monoisotopic (exact) mass is 458 g/mol. The molecule has 1 saturated heterocycles. The van der Waals surface area contributed by atoms with E-state index in [-0.39, 0.29) is 39.3 Å². The number of halogens is 3. The van der Waals surface area contributed by atoms with Crippen LogP contribution in [0.25, 0.3) is 0 Å². The van der Waals surface area contributed by atoms with Crippen LogP contribution in [0.15, 0.2) is 47.4 Å². The standard InChI is InChI=1S/C20H21Cl2FN2O3S/c1-13(14-4-7-17(23)8-5-14)24-20(26)15-3-2-10-25(12-15)29(27,28)19-11-16(21)6-9-18(19)22/h4-9,11,13,15H,2-3,10,12H2,1H3,(H,24,26)/t13-,15+/m1/s1. The molecule has 0 spiro atoms. The maximum atomic E-state index is 13.1. The van der Waals surface area contributed by atoms with Crippen LogP contribution >= 0.6 is 23.2 Å². The van der Waals surface area contributed by atoms with E-state index in [1.165, 1.54) is 34.6 Å². The van der Waals surface area contributed by atoms with Crippen molar-refractivity contribution in [2.75, 3.05) is 13.1 Å². The van der Waals surface area contributed by atoms with Gasteiger partial charge in [0.25, 0.3) is 0 Å². The summed E-state index contributed by atoms with van der Waals surface area (Å²) in [5.74, 6) is -1.07. The summed E-state index contributed by atoms with van der Waals surface area (Å²) in [6.07, 6.45) is 1.14. The third-order valence-electron chi connectivity index (χ3n) is 4.99. The van der Waals surface area contributed by atoms with E-state index in [1.807, 2.05) is 0 Å². The van der Waals surface area contributed by atoms with Crippen LogP contribution in [0, 0.1) is 11.7 Å². The van der Waals surface area contributed by atoms with Crippen molar-refractivity contribution in [1.29, 1.82) is 0 Å². The zero-order valence-electron chi connectivity index (χ0n) is 15.7. The highest BCUT2D eigenvalue weighted by Gasteiger charge is 2.34. The molecule has 2 aromatic carbocycles. The number of hydrogen-bond donors (Lipinski definition) is 1. The largest absolute Gasteiger partial charge is 0.349 e. The number of benzene rings is 2. The highest BCUT2D eigenvalue weighted by molar-refractivity contribution is 7.89. The first-order valence-electron chi connectivity index (χ1n) is 9.19. The Morgan fingerprint density at radius 1 is 1.21 bits per heavy atom. The van der Waals surface area contributed by atoms with Crippen molar-refractivity contribution in [2.45, 2.75) is 30.7 Å². The summed E-state index contributed by atoms with van der Waals surface area (Å²) in [6, 6.07) is 9.85. The Balaban J connectivity index is 1.72. The lowest BCUT2D eigenvalue weighted by atomic mass is 9.98. The molecule has 1 fully saturated rings. The summed E-state index contributed by atoms with van der Waals surface area (Å²) in [5, 5.41) is 3.25. The first-order valence-corrected chi connectivity index (χ1v) is 11.4. The quantitative estimate of drug-likeness (QED) is 0.721. The summed E-state index contributed by atoms with van der Waals surface area (Å²) < 4.78 is 40.4. The highest BCUT2D eigenvalue weighted by Crippen LogP contribution is 2.30. The van der Waals surface area contributed by atoms with Crippen LogP contribution in [0.2, 0.25) is 10.0 Å². The molecule has 0 bridgehead atoms. The summed E-state index contributed by atoms with van der Waals surface area (Å²) in [7, 11) is -3.87. The number of rotatable bonds is 5. The van der Waals surface area contributed by atoms with Crippen molar-refractivity contribution in [3.8, 4) is 0 Å². The van der Waals surface area contributed by atoms with Gasteiger partial charge < -0.3 is 5.32 Å². The Morgan fingerprint density at radius 2 is 1.90 bits per heavy atom. The topological polar surface area (TPSA) is 66.5 Å². The van der Waals surface area contributed by atoms with Gasteiger partial charge >= 0.3 is 0 Å². The van der Waals surface area contributed by atoms with E-state index in [2.05, 4.69) is 5.32 Å². The fraction of sp³-hybridized carbons (Fsp3) is 0.350.